The summed E-state index contributed by atoms with van der Waals surface area (Å²) in [6.07, 6.45) is 0.177. The number of amides is 2. The summed E-state index contributed by atoms with van der Waals surface area (Å²) in [6, 6.07) is 26.9. The highest BCUT2D eigenvalue weighted by Crippen LogP contribution is 2.34. The molecule has 2 amide bonds. The maximum atomic E-state index is 14.6. The van der Waals surface area contributed by atoms with Crippen LogP contribution in [0.5, 0.6) is 5.75 Å². The van der Waals surface area contributed by atoms with Crippen molar-refractivity contribution in [2.45, 2.75) is 44.7 Å². The Kier molecular flexibility index (Phi) is 11.5. The van der Waals surface area contributed by atoms with Crippen LogP contribution in [-0.4, -0.2) is 51.4 Å². The number of rotatable bonds is 14. The topological polar surface area (TPSA) is 96.0 Å². The summed E-state index contributed by atoms with van der Waals surface area (Å²) < 4.78 is 48.9. The fraction of sp³-hybridized carbons (Fsp3) is 0.278. The molecule has 242 valence electrons. The predicted octanol–water partition coefficient (Wildman–Crippen LogP) is 5.75. The van der Waals surface area contributed by atoms with Gasteiger partial charge < -0.3 is 15.0 Å². The molecule has 4 aromatic rings. The third kappa shape index (κ3) is 8.72. The van der Waals surface area contributed by atoms with Crippen LogP contribution in [0.2, 0.25) is 0 Å². The van der Waals surface area contributed by atoms with E-state index in [2.05, 4.69) is 5.32 Å². The van der Waals surface area contributed by atoms with E-state index >= 15 is 0 Å². The van der Waals surface area contributed by atoms with Crippen molar-refractivity contribution in [2.75, 3.05) is 24.5 Å². The molecule has 0 fully saturated rings. The van der Waals surface area contributed by atoms with Gasteiger partial charge in [0.15, 0.2) is 0 Å². The second kappa shape index (κ2) is 15.5. The molecule has 0 radical (unpaired) electrons. The maximum Gasteiger partial charge on any atom is 0.264 e. The minimum atomic E-state index is -4.28. The van der Waals surface area contributed by atoms with Gasteiger partial charge in [0.25, 0.3) is 10.0 Å². The van der Waals surface area contributed by atoms with Crippen LogP contribution < -0.4 is 14.4 Å². The lowest BCUT2D eigenvalue weighted by Gasteiger charge is -2.34. The molecule has 4 rings (SSSR count). The average Bonchev–Trinajstić information content (AvgIpc) is 3.05. The molecule has 8 nitrogen and oxygen atoms in total. The third-order valence-corrected chi connectivity index (χ3v) is 9.21. The second-order valence-electron chi connectivity index (χ2n) is 11.5. The molecule has 0 saturated carbocycles. The van der Waals surface area contributed by atoms with Gasteiger partial charge >= 0.3 is 0 Å². The predicted molar refractivity (Wildman–Crippen MR) is 177 cm³/mol. The highest BCUT2D eigenvalue weighted by Gasteiger charge is 2.35. The van der Waals surface area contributed by atoms with E-state index in [1.54, 1.807) is 48.5 Å². The molecule has 0 aliphatic rings. The number of anilines is 1. The van der Waals surface area contributed by atoms with Crippen molar-refractivity contribution >= 4 is 27.5 Å². The van der Waals surface area contributed by atoms with Gasteiger partial charge in [-0.25, -0.2) is 12.8 Å². The van der Waals surface area contributed by atoms with E-state index in [0.29, 0.717) is 12.1 Å². The van der Waals surface area contributed by atoms with Crippen molar-refractivity contribution in [3.05, 3.63) is 126 Å². The standard InChI is InChI=1S/C36H40FN3O5S/c1-26(2)23-38-36(42)33(22-28-11-7-5-8-12-28)39(24-29-16-18-30(37)19-17-29)35(41)25-40(32-21-27(3)15-20-34(32)45-4)46(43,44)31-13-9-6-10-14-31/h5-21,26,33H,22-25H2,1-4H3,(H,38,42). The van der Waals surface area contributed by atoms with Gasteiger partial charge in [0.1, 0.15) is 24.2 Å². The van der Waals surface area contributed by atoms with Crippen LogP contribution in [0.1, 0.15) is 30.5 Å². The van der Waals surface area contributed by atoms with Crippen LogP contribution >= 0.6 is 0 Å². The molecular weight excluding hydrogens is 605 g/mol. The fourth-order valence-corrected chi connectivity index (χ4v) is 6.43. The molecule has 1 atom stereocenters. The van der Waals surface area contributed by atoms with Crippen LogP contribution in [0.15, 0.2) is 108 Å². The molecule has 0 aliphatic heterocycles. The number of carbonyl (C=O) groups excluding carboxylic acids is 2. The van der Waals surface area contributed by atoms with Gasteiger partial charge in [-0.2, -0.15) is 0 Å². The zero-order valence-corrected chi connectivity index (χ0v) is 27.3. The highest BCUT2D eigenvalue weighted by atomic mass is 32.2. The number of nitrogens with zero attached hydrogens (tertiary/aromatic N) is 2. The number of nitrogens with one attached hydrogen (secondary N) is 1. The Morgan fingerprint density at radius 3 is 2.11 bits per heavy atom. The summed E-state index contributed by atoms with van der Waals surface area (Å²) in [5.74, 6) is -1.02. The van der Waals surface area contributed by atoms with E-state index in [4.69, 9.17) is 4.74 Å². The Hall–Kier alpha value is -4.70. The van der Waals surface area contributed by atoms with E-state index in [1.165, 1.54) is 36.3 Å². The molecule has 1 N–H and O–H groups in total. The molecule has 4 aromatic carbocycles. The van der Waals surface area contributed by atoms with E-state index in [-0.39, 0.29) is 41.1 Å². The lowest BCUT2D eigenvalue weighted by Crippen LogP contribution is -2.53. The van der Waals surface area contributed by atoms with Crippen LogP contribution in [0.3, 0.4) is 0 Å². The number of hydrogen-bond acceptors (Lipinski definition) is 5. The zero-order chi connectivity index (χ0) is 33.3. The van der Waals surface area contributed by atoms with Crippen molar-refractivity contribution in [3.63, 3.8) is 0 Å². The van der Waals surface area contributed by atoms with Crippen LogP contribution in [-0.2, 0) is 32.6 Å². The number of halogens is 1. The first kappa shape index (κ1) is 34.2. The Labute approximate surface area is 270 Å². The minimum absolute atomic E-state index is 0.00745. The van der Waals surface area contributed by atoms with Crippen molar-refractivity contribution in [1.82, 2.24) is 10.2 Å². The molecule has 46 heavy (non-hydrogen) atoms. The number of aryl methyl sites for hydroxylation is 1. The van der Waals surface area contributed by atoms with Crippen LogP contribution in [0.4, 0.5) is 10.1 Å². The first-order valence-electron chi connectivity index (χ1n) is 15.1. The molecule has 0 spiro atoms. The largest absolute Gasteiger partial charge is 0.495 e. The van der Waals surface area contributed by atoms with E-state index < -0.39 is 34.3 Å². The first-order valence-corrected chi connectivity index (χ1v) is 16.5. The summed E-state index contributed by atoms with van der Waals surface area (Å²) in [7, 11) is -2.85. The minimum Gasteiger partial charge on any atom is -0.495 e. The van der Waals surface area contributed by atoms with Crippen molar-refractivity contribution < 1.29 is 27.1 Å². The summed E-state index contributed by atoms with van der Waals surface area (Å²) in [5, 5.41) is 2.95. The highest BCUT2D eigenvalue weighted by molar-refractivity contribution is 7.92. The summed E-state index contributed by atoms with van der Waals surface area (Å²) >= 11 is 0. The Morgan fingerprint density at radius 2 is 1.50 bits per heavy atom. The van der Waals surface area contributed by atoms with Gasteiger partial charge in [-0.1, -0.05) is 80.6 Å². The van der Waals surface area contributed by atoms with Crippen molar-refractivity contribution in [2.24, 2.45) is 5.92 Å². The number of benzene rings is 4. The Morgan fingerprint density at radius 1 is 0.870 bits per heavy atom. The smallest absolute Gasteiger partial charge is 0.264 e. The van der Waals surface area contributed by atoms with Crippen LogP contribution in [0.25, 0.3) is 0 Å². The SMILES string of the molecule is COc1ccc(C)cc1N(CC(=O)N(Cc1ccc(F)cc1)C(Cc1ccccc1)C(=O)NCC(C)C)S(=O)(=O)c1ccccc1. The molecule has 0 heterocycles. The molecule has 0 aliphatic carbocycles. The zero-order valence-electron chi connectivity index (χ0n) is 26.5. The van der Waals surface area contributed by atoms with E-state index in [9.17, 15) is 22.4 Å². The fourth-order valence-electron chi connectivity index (χ4n) is 4.99. The summed E-state index contributed by atoms with van der Waals surface area (Å²) in [5.41, 5.74) is 2.34. The lowest BCUT2D eigenvalue weighted by atomic mass is 10.0. The molecule has 10 heteroatoms. The maximum absolute atomic E-state index is 14.6. The lowest BCUT2D eigenvalue weighted by molar-refractivity contribution is -0.140. The third-order valence-electron chi connectivity index (χ3n) is 7.43. The van der Waals surface area contributed by atoms with Gasteiger partial charge in [-0.05, 0) is 65.9 Å². The number of ether oxygens (including phenoxy) is 1. The van der Waals surface area contributed by atoms with E-state index in [1.807, 2.05) is 51.1 Å². The second-order valence-corrected chi connectivity index (χ2v) is 13.4. The molecule has 0 bridgehead atoms. The summed E-state index contributed by atoms with van der Waals surface area (Å²) in [6.45, 7) is 5.45. The normalized spacial score (nSPS) is 12.0. The van der Waals surface area contributed by atoms with Crippen molar-refractivity contribution in [1.29, 1.82) is 0 Å². The molecule has 0 aromatic heterocycles. The number of carbonyl (C=O) groups is 2. The Balaban J connectivity index is 1.83. The quantitative estimate of drug-likeness (QED) is 0.189. The Bertz CT molecular complexity index is 1720. The van der Waals surface area contributed by atoms with Gasteiger partial charge in [0.2, 0.25) is 11.8 Å². The number of sulfonamides is 1. The van der Waals surface area contributed by atoms with Gasteiger partial charge in [-0.3, -0.25) is 13.9 Å². The van der Waals surface area contributed by atoms with Gasteiger partial charge in [-0.15, -0.1) is 0 Å². The average molecular weight is 646 g/mol. The molecular formula is C36H40FN3O5S. The first-order chi connectivity index (χ1) is 22.0. The monoisotopic (exact) mass is 645 g/mol. The number of hydrogen-bond donors (Lipinski definition) is 1. The number of methoxy groups -OCH3 is 1. The van der Waals surface area contributed by atoms with Crippen LogP contribution in [0, 0.1) is 18.7 Å². The molecule has 1 unspecified atom stereocenters. The van der Waals surface area contributed by atoms with Gasteiger partial charge in [0.05, 0.1) is 17.7 Å². The summed E-state index contributed by atoms with van der Waals surface area (Å²) in [4.78, 5) is 29.8. The molecule has 0 saturated heterocycles. The van der Waals surface area contributed by atoms with Crippen molar-refractivity contribution in [3.8, 4) is 5.75 Å². The van der Waals surface area contributed by atoms with E-state index in [0.717, 1.165) is 15.4 Å². The van der Waals surface area contributed by atoms with Gasteiger partial charge in [0, 0.05) is 19.5 Å².